The van der Waals surface area contributed by atoms with Gasteiger partial charge < -0.3 is 4.79 Å². The van der Waals surface area contributed by atoms with Crippen LogP contribution < -0.4 is 9.44 Å². The third-order valence-corrected chi connectivity index (χ3v) is 7.99. The Morgan fingerprint density at radius 1 is 0.811 bits per heavy atom. The second-order valence-corrected chi connectivity index (χ2v) is 13.1. The Morgan fingerprint density at radius 2 is 1.27 bits per heavy atom. The van der Waals surface area contributed by atoms with Crippen LogP contribution in [0.1, 0.15) is 51.4 Å². The van der Waals surface area contributed by atoms with Crippen LogP contribution in [0.15, 0.2) is 41.7 Å². The summed E-state index contributed by atoms with van der Waals surface area (Å²) >= 11 is 0. The second-order valence-electron chi connectivity index (χ2n) is 9.55. The number of hydrogen-bond donors (Lipinski definition) is 3. The molecule has 0 bridgehead atoms. The van der Waals surface area contributed by atoms with E-state index in [9.17, 15) is 26.4 Å². The highest BCUT2D eigenvalue weighted by Crippen LogP contribution is 2.28. The highest BCUT2D eigenvalue weighted by molar-refractivity contribution is 7.89. The summed E-state index contributed by atoms with van der Waals surface area (Å²) in [5.74, 6) is 1.06. The van der Waals surface area contributed by atoms with Gasteiger partial charge in [-0.15, -0.1) is 0 Å². The van der Waals surface area contributed by atoms with Crippen LogP contribution in [-0.2, 0) is 29.6 Å². The second kappa shape index (κ2) is 13.7. The molecule has 12 heteroatoms. The largest absolute Gasteiger partial charge is 0.308 e. The van der Waals surface area contributed by atoms with E-state index in [-0.39, 0.29) is 46.8 Å². The molecule has 0 unspecified atom stereocenters. The van der Waals surface area contributed by atoms with Crippen molar-refractivity contribution in [1.29, 1.82) is 5.41 Å². The van der Waals surface area contributed by atoms with E-state index in [0.29, 0.717) is 51.4 Å². The van der Waals surface area contributed by atoms with E-state index in [1.807, 2.05) is 0 Å². The van der Waals surface area contributed by atoms with Crippen molar-refractivity contribution >= 4 is 37.5 Å². The van der Waals surface area contributed by atoms with Gasteiger partial charge in [0.15, 0.2) is 11.6 Å². The molecule has 2 aliphatic rings. The highest BCUT2D eigenvalue weighted by Gasteiger charge is 2.30. The lowest BCUT2D eigenvalue weighted by Gasteiger charge is -2.27. The summed E-state index contributed by atoms with van der Waals surface area (Å²) in [6.45, 7) is 7.35. The van der Waals surface area contributed by atoms with Gasteiger partial charge in [-0.2, -0.15) is 0 Å². The molecule has 0 aromatic heterocycles. The predicted octanol–water partition coefficient (Wildman–Crippen LogP) is 2.43. The van der Waals surface area contributed by atoms with Crippen LogP contribution in [-0.4, -0.2) is 58.9 Å². The van der Waals surface area contributed by atoms with Crippen LogP contribution in [0.2, 0.25) is 0 Å². The normalized spacial score (nSPS) is 25.5. The number of carbonyl (C=O) groups excluding carboxylic acids is 2. The smallest absolute Gasteiger partial charge is 0.229 e. The quantitative estimate of drug-likeness (QED) is 0.155. The van der Waals surface area contributed by atoms with Crippen molar-refractivity contribution in [3.05, 3.63) is 53.1 Å². The lowest BCUT2D eigenvalue weighted by atomic mass is 9.82. The van der Waals surface area contributed by atoms with Crippen LogP contribution in [0.25, 0.3) is 4.85 Å². The molecule has 2 saturated carbocycles. The molecule has 202 valence electrons. The van der Waals surface area contributed by atoms with E-state index in [1.165, 1.54) is 24.3 Å². The minimum Gasteiger partial charge on any atom is -0.308 e. The molecule has 0 atom stereocenters. The third-order valence-electron chi connectivity index (χ3n) is 6.47. The first-order chi connectivity index (χ1) is 17.3. The van der Waals surface area contributed by atoms with E-state index < -0.39 is 20.0 Å². The SMILES string of the molecule is [C-]#[N+]C(=CC=CC=CC(=C=N)C(=O)C1CCC(NS(C)(=O)=O)CC1)C(=O)C1CCC(NS(C)(=O)=O)CC1. The van der Waals surface area contributed by atoms with Crippen LogP contribution in [0.5, 0.6) is 0 Å². The summed E-state index contributed by atoms with van der Waals surface area (Å²) in [4.78, 5) is 28.8. The zero-order valence-corrected chi connectivity index (χ0v) is 22.7. The number of sulfonamides is 2. The first-order valence-corrected chi connectivity index (χ1v) is 15.9. The summed E-state index contributed by atoms with van der Waals surface area (Å²) in [6, 6.07) is -0.377. The van der Waals surface area contributed by atoms with Gasteiger partial charge in [-0.05, 0) is 63.3 Å². The number of rotatable bonds is 11. The van der Waals surface area contributed by atoms with Gasteiger partial charge in [-0.1, -0.05) is 24.3 Å². The average Bonchev–Trinajstić information content (AvgIpc) is 2.82. The molecule has 0 saturated heterocycles. The first-order valence-electron chi connectivity index (χ1n) is 12.1. The van der Waals surface area contributed by atoms with Crippen LogP contribution in [0.4, 0.5) is 0 Å². The molecule has 0 aromatic carbocycles. The average molecular weight is 551 g/mol. The molecule has 2 aliphatic carbocycles. The van der Waals surface area contributed by atoms with E-state index in [0.717, 1.165) is 12.5 Å². The Kier molecular flexibility index (Phi) is 11.3. The third kappa shape index (κ3) is 10.7. The summed E-state index contributed by atoms with van der Waals surface area (Å²) in [5.41, 5.74) is 0.0941. The molecule has 2 rings (SSSR count). The Bertz CT molecular complexity index is 1250. The van der Waals surface area contributed by atoms with Gasteiger partial charge in [0, 0.05) is 23.9 Å². The molecule has 0 amide bonds. The summed E-state index contributed by atoms with van der Waals surface area (Å²) in [7, 11) is -6.60. The lowest BCUT2D eigenvalue weighted by Crippen LogP contribution is -2.38. The molecular weight excluding hydrogens is 516 g/mol. The zero-order chi connectivity index (χ0) is 27.6. The first kappa shape index (κ1) is 30.5. The molecule has 37 heavy (non-hydrogen) atoms. The van der Waals surface area contributed by atoms with Crippen molar-refractivity contribution in [1.82, 2.24) is 9.44 Å². The molecule has 0 heterocycles. The maximum atomic E-state index is 12.7. The molecular formula is C25H34N4O6S2. The molecule has 0 aliphatic heterocycles. The van der Waals surface area contributed by atoms with Gasteiger partial charge in [0.2, 0.25) is 25.7 Å². The Balaban J connectivity index is 1.89. The number of allylic oxidation sites excluding steroid dienone is 7. The number of nitrogens with one attached hydrogen (secondary N) is 3. The number of ketones is 2. The van der Waals surface area contributed by atoms with Crippen LogP contribution in [0.3, 0.4) is 0 Å². The van der Waals surface area contributed by atoms with E-state index >= 15 is 0 Å². The summed E-state index contributed by atoms with van der Waals surface area (Å²) in [5, 5.41) is 7.47. The van der Waals surface area contributed by atoms with E-state index in [4.69, 9.17) is 12.0 Å². The van der Waals surface area contributed by atoms with Crippen molar-refractivity contribution in [2.45, 2.75) is 63.5 Å². The Labute approximate surface area is 219 Å². The van der Waals surface area contributed by atoms with E-state index in [1.54, 1.807) is 6.08 Å². The maximum absolute atomic E-state index is 12.7. The molecule has 0 spiro atoms. The van der Waals surface area contributed by atoms with Crippen molar-refractivity contribution in [3.8, 4) is 0 Å². The van der Waals surface area contributed by atoms with Crippen molar-refractivity contribution in [2.24, 2.45) is 11.8 Å². The van der Waals surface area contributed by atoms with Crippen LogP contribution in [0, 0.1) is 23.8 Å². The van der Waals surface area contributed by atoms with Gasteiger partial charge >= 0.3 is 0 Å². The number of carbonyl (C=O) groups is 2. The zero-order valence-electron chi connectivity index (χ0n) is 21.1. The number of nitrogens with zero attached hydrogens (tertiary/aromatic N) is 1. The number of Topliss-reactive ketones (excluding diaryl/α,β-unsaturated/α-hetero) is 2. The fraction of sp³-hybridized carbons (Fsp3) is 0.560. The Morgan fingerprint density at radius 3 is 1.68 bits per heavy atom. The lowest BCUT2D eigenvalue weighted by molar-refractivity contribution is -0.120. The standard InChI is InChI=1S/C25H34N4O6S2/c1-27-23(25(31)19-11-15-22(16-12-19)29-37(3,34)35)8-6-4-5-7-20(17-26)24(30)18-9-13-21(14-10-18)28-36(2,32)33/h4-8,18-19,21-22,26,28-29H,9-16H2,2-3H3. The summed E-state index contributed by atoms with van der Waals surface area (Å²) in [6.07, 6.45) is 13.9. The van der Waals surface area contributed by atoms with Crippen molar-refractivity contribution < 1.29 is 26.4 Å². The minimum atomic E-state index is -3.30. The summed E-state index contributed by atoms with van der Waals surface area (Å²) < 4.78 is 50.6. The fourth-order valence-electron chi connectivity index (χ4n) is 4.70. The van der Waals surface area contributed by atoms with Crippen LogP contribution >= 0.6 is 0 Å². The molecule has 0 radical (unpaired) electrons. The van der Waals surface area contributed by atoms with Crippen molar-refractivity contribution in [2.75, 3.05) is 12.5 Å². The fourth-order valence-corrected chi connectivity index (χ4v) is 6.39. The predicted molar refractivity (Wildman–Crippen MR) is 142 cm³/mol. The van der Waals surface area contributed by atoms with E-state index in [2.05, 4.69) is 20.2 Å². The molecule has 10 nitrogen and oxygen atoms in total. The van der Waals surface area contributed by atoms with Gasteiger partial charge in [0.05, 0.1) is 24.7 Å². The van der Waals surface area contributed by atoms with Gasteiger partial charge in [0.1, 0.15) is 0 Å². The Hall–Kier alpha value is -2.68. The van der Waals surface area contributed by atoms with Crippen molar-refractivity contribution in [3.63, 3.8) is 0 Å². The highest BCUT2D eigenvalue weighted by atomic mass is 32.2. The topological polar surface area (TPSA) is 155 Å². The maximum Gasteiger partial charge on any atom is 0.229 e. The number of hydrogen-bond acceptors (Lipinski definition) is 7. The molecule has 3 N–H and O–H groups in total. The minimum absolute atomic E-state index is 0.0115. The van der Waals surface area contributed by atoms with Gasteiger partial charge in [-0.3, -0.25) is 10.2 Å². The van der Waals surface area contributed by atoms with Gasteiger partial charge in [0.25, 0.3) is 0 Å². The van der Waals surface area contributed by atoms with Gasteiger partial charge in [-0.25, -0.2) is 31.1 Å². The molecule has 2 fully saturated rings. The molecule has 0 aromatic rings. The monoisotopic (exact) mass is 550 g/mol.